The van der Waals surface area contributed by atoms with E-state index in [1.807, 2.05) is 13.8 Å². The molecule has 1 heterocycles. The molecule has 16 heavy (non-hydrogen) atoms. The number of hydrogen-bond donors (Lipinski definition) is 1. The molecule has 1 unspecified atom stereocenters. The molecule has 4 nitrogen and oxygen atoms in total. The van der Waals surface area contributed by atoms with E-state index in [0.717, 1.165) is 0 Å². The van der Waals surface area contributed by atoms with Crippen molar-refractivity contribution < 1.29 is 13.5 Å². The summed E-state index contributed by atoms with van der Waals surface area (Å²) in [5.41, 5.74) is 0.384. The van der Waals surface area contributed by atoms with Crippen LogP contribution >= 0.6 is 0 Å². The molecular weight excluding hydrogens is 216 g/mol. The summed E-state index contributed by atoms with van der Waals surface area (Å²) < 4.78 is 32.3. The van der Waals surface area contributed by atoms with Gasteiger partial charge in [-0.05, 0) is 20.9 Å². The lowest BCUT2D eigenvalue weighted by Crippen LogP contribution is -2.27. The molecule has 0 saturated heterocycles. The summed E-state index contributed by atoms with van der Waals surface area (Å²) in [6, 6.07) is -1.06. The second-order valence-corrected chi connectivity index (χ2v) is 3.74. The highest BCUT2D eigenvalue weighted by molar-refractivity contribution is 5.29. The van der Waals surface area contributed by atoms with Crippen molar-refractivity contribution in [2.75, 3.05) is 14.2 Å². The van der Waals surface area contributed by atoms with Crippen LogP contribution in [0.4, 0.5) is 8.78 Å². The number of nitrogens with zero attached hydrogens (tertiary/aromatic N) is 2. The Kier molecular flexibility index (Phi) is 4.23. The Labute approximate surface area is 93.6 Å². The molecule has 0 amide bonds. The second-order valence-electron chi connectivity index (χ2n) is 3.74. The first-order chi connectivity index (χ1) is 7.52. The maximum absolute atomic E-state index is 12.9. The third-order valence-electron chi connectivity index (χ3n) is 2.37. The molecule has 92 valence electrons. The highest BCUT2D eigenvalue weighted by atomic mass is 19.3. The molecule has 1 aromatic heterocycles. The molecule has 0 aliphatic heterocycles. The van der Waals surface area contributed by atoms with Crippen LogP contribution in [0.5, 0.6) is 5.75 Å². The van der Waals surface area contributed by atoms with Crippen molar-refractivity contribution in [3.05, 3.63) is 11.9 Å². The van der Waals surface area contributed by atoms with Crippen molar-refractivity contribution in [3.8, 4) is 5.75 Å². The van der Waals surface area contributed by atoms with Gasteiger partial charge in [-0.2, -0.15) is 5.10 Å². The first-order valence-corrected chi connectivity index (χ1v) is 5.09. The predicted molar refractivity (Wildman–Crippen MR) is 57.0 cm³/mol. The smallest absolute Gasteiger partial charge is 0.259 e. The van der Waals surface area contributed by atoms with Crippen LogP contribution in [0.25, 0.3) is 0 Å². The average molecular weight is 233 g/mol. The summed E-state index contributed by atoms with van der Waals surface area (Å²) in [4.78, 5) is 0. The average Bonchev–Trinajstić information content (AvgIpc) is 2.62. The lowest BCUT2D eigenvalue weighted by molar-refractivity contribution is 0.0960. The van der Waals surface area contributed by atoms with Gasteiger partial charge in [-0.3, -0.25) is 4.68 Å². The number of methoxy groups -OCH3 is 1. The van der Waals surface area contributed by atoms with Gasteiger partial charge < -0.3 is 10.1 Å². The summed E-state index contributed by atoms with van der Waals surface area (Å²) in [6.45, 7) is 3.77. The van der Waals surface area contributed by atoms with Gasteiger partial charge in [0, 0.05) is 6.04 Å². The van der Waals surface area contributed by atoms with Gasteiger partial charge in [0.2, 0.25) is 0 Å². The predicted octanol–water partition coefficient (Wildman–Crippen LogP) is 2.00. The van der Waals surface area contributed by atoms with E-state index in [1.165, 1.54) is 20.4 Å². The van der Waals surface area contributed by atoms with Crippen LogP contribution in [-0.2, 0) is 0 Å². The van der Waals surface area contributed by atoms with Crippen LogP contribution < -0.4 is 10.1 Å². The van der Waals surface area contributed by atoms with Crippen LogP contribution in [0.3, 0.4) is 0 Å². The van der Waals surface area contributed by atoms with Crippen LogP contribution in [0.2, 0.25) is 0 Å². The van der Waals surface area contributed by atoms with E-state index in [1.54, 1.807) is 4.68 Å². The summed E-state index contributed by atoms with van der Waals surface area (Å²) in [5, 5.41) is 6.64. The number of ether oxygens (including phenoxy) is 1. The third-order valence-corrected chi connectivity index (χ3v) is 2.37. The highest BCUT2D eigenvalue weighted by Crippen LogP contribution is 2.30. The Morgan fingerprint density at radius 2 is 2.06 bits per heavy atom. The van der Waals surface area contributed by atoms with E-state index in [-0.39, 0.29) is 6.04 Å². The minimum atomic E-state index is -2.51. The van der Waals surface area contributed by atoms with E-state index in [2.05, 4.69) is 10.4 Å². The van der Waals surface area contributed by atoms with E-state index < -0.39 is 12.5 Å². The number of aromatic nitrogens is 2. The first-order valence-electron chi connectivity index (χ1n) is 5.09. The van der Waals surface area contributed by atoms with Gasteiger partial charge >= 0.3 is 0 Å². The van der Waals surface area contributed by atoms with Crippen molar-refractivity contribution in [1.29, 1.82) is 0 Å². The Bertz CT molecular complexity index is 339. The molecule has 0 spiro atoms. The number of nitrogens with one attached hydrogen (secondary N) is 1. The van der Waals surface area contributed by atoms with Crippen LogP contribution in [0.15, 0.2) is 6.20 Å². The van der Waals surface area contributed by atoms with Crippen molar-refractivity contribution in [2.24, 2.45) is 0 Å². The van der Waals surface area contributed by atoms with Gasteiger partial charge in [-0.15, -0.1) is 0 Å². The number of alkyl halides is 2. The summed E-state index contributed by atoms with van der Waals surface area (Å²) in [5.74, 6) is 0.383. The van der Waals surface area contributed by atoms with Crippen molar-refractivity contribution in [2.45, 2.75) is 32.4 Å². The number of hydrogen-bond acceptors (Lipinski definition) is 3. The fourth-order valence-corrected chi connectivity index (χ4v) is 1.60. The molecule has 1 atom stereocenters. The minimum absolute atomic E-state index is 0.00787. The molecule has 0 aliphatic carbocycles. The van der Waals surface area contributed by atoms with E-state index in [0.29, 0.717) is 11.4 Å². The molecule has 0 aromatic carbocycles. The van der Waals surface area contributed by atoms with Crippen LogP contribution in [0.1, 0.15) is 31.6 Å². The maximum atomic E-state index is 12.9. The topological polar surface area (TPSA) is 39.1 Å². The Hall–Kier alpha value is -1.17. The standard InChI is InChI=1S/C10H17F2N3O/c1-6(2)15-9(7(16-4)5-14-15)8(13-3)10(11)12/h5-6,8,10,13H,1-4H3. The van der Waals surface area contributed by atoms with Crippen molar-refractivity contribution in [3.63, 3.8) is 0 Å². The lowest BCUT2D eigenvalue weighted by Gasteiger charge is -2.20. The minimum Gasteiger partial charge on any atom is -0.493 e. The Morgan fingerprint density at radius 1 is 1.44 bits per heavy atom. The molecule has 0 bridgehead atoms. The SMILES string of the molecule is CNC(c1c(OC)cnn1C(C)C)C(F)F. The second kappa shape index (κ2) is 5.25. The molecule has 1 rings (SSSR count). The van der Waals surface area contributed by atoms with Crippen LogP contribution in [0, 0.1) is 0 Å². The molecular formula is C10H17F2N3O. The van der Waals surface area contributed by atoms with Gasteiger partial charge in [0.25, 0.3) is 6.43 Å². The zero-order chi connectivity index (χ0) is 12.3. The van der Waals surface area contributed by atoms with E-state index in [4.69, 9.17) is 4.74 Å². The molecule has 1 N–H and O–H groups in total. The molecule has 1 aromatic rings. The summed E-state index contributed by atoms with van der Waals surface area (Å²) in [6.07, 6.45) is -1.05. The zero-order valence-electron chi connectivity index (χ0n) is 9.87. The summed E-state index contributed by atoms with van der Waals surface area (Å²) in [7, 11) is 2.94. The van der Waals surface area contributed by atoms with Crippen molar-refractivity contribution in [1.82, 2.24) is 15.1 Å². The molecule has 6 heteroatoms. The van der Waals surface area contributed by atoms with Crippen molar-refractivity contribution >= 4 is 0 Å². The van der Waals surface area contributed by atoms with Gasteiger partial charge in [0.05, 0.1) is 13.3 Å². The molecule has 0 aliphatic rings. The van der Waals surface area contributed by atoms with Gasteiger partial charge in [0.1, 0.15) is 11.7 Å². The number of rotatable bonds is 5. The third kappa shape index (κ3) is 2.32. The Balaban J connectivity index is 3.20. The lowest BCUT2D eigenvalue weighted by atomic mass is 10.2. The molecule has 0 fully saturated rings. The van der Waals surface area contributed by atoms with E-state index in [9.17, 15) is 8.78 Å². The maximum Gasteiger partial charge on any atom is 0.259 e. The van der Waals surface area contributed by atoms with Gasteiger partial charge in [0.15, 0.2) is 5.75 Å². The zero-order valence-corrected chi connectivity index (χ0v) is 9.87. The monoisotopic (exact) mass is 233 g/mol. The van der Waals surface area contributed by atoms with Crippen LogP contribution in [-0.4, -0.2) is 30.4 Å². The Morgan fingerprint density at radius 3 is 2.44 bits per heavy atom. The molecule has 0 saturated carbocycles. The quantitative estimate of drug-likeness (QED) is 0.845. The number of halogens is 2. The molecule has 0 radical (unpaired) electrons. The first kappa shape index (κ1) is 12.9. The van der Waals surface area contributed by atoms with Gasteiger partial charge in [-0.25, -0.2) is 8.78 Å². The van der Waals surface area contributed by atoms with E-state index >= 15 is 0 Å². The summed E-state index contributed by atoms with van der Waals surface area (Å²) >= 11 is 0. The highest BCUT2D eigenvalue weighted by Gasteiger charge is 2.29. The largest absolute Gasteiger partial charge is 0.493 e. The normalized spacial score (nSPS) is 13.5. The fourth-order valence-electron chi connectivity index (χ4n) is 1.60. The fraction of sp³-hybridized carbons (Fsp3) is 0.700. The van der Waals surface area contributed by atoms with Gasteiger partial charge in [-0.1, -0.05) is 0 Å².